The molecule has 7 heteroatoms. The predicted octanol–water partition coefficient (Wildman–Crippen LogP) is 6.65. The molecule has 0 aromatic rings. The number of allylic oxidation sites excluding steroid dienone is 1. The van der Waals surface area contributed by atoms with Crippen LogP contribution in [0.1, 0.15) is 122 Å². The summed E-state index contributed by atoms with van der Waals surface area (Å²) in [6.45, 7) is 7.43. The maximum absolute atomic E-state index is 10.9. The fourth-order valence-electron chi connectivity index (χ4n) is 4.81. The average molecular weight is 499 g/mol. The summed E-state index contributed by atoms with van der Waals surface area (Å²) in [5, 5.41) is 27.0. The standard InChI is InChI=1S/C28H51NO6/c1-2-3-4-5-6-7-8-9-10-11-15-22-29(23-16-12-19-26(30)31,24-17-13-20-27(32)33)25-18-14-21-28(34)35/h2H,1,3-25H2,(H2-,30,31,32,33,34,35)/p+1. The SMILES string of the molecule is C=CCCCCCCCCCCC[N+](CCCCC(=O)O)(CCCCC(=O)O)CCCCC(=O)O. The first-order valence-corrected chi connectivity index (χ1v) is 13.9. The van der Waals surface area contributed by atoms with Gasteiger partial charge in [0.2, 0.25) is 0 Å². The van der Waals surface area contributed by atoms with Crippen LogP contribution in [-0.2, 0) is 14.4 Å². The van der Waals surface area contributed by atoms with Crippen LogP contribution >= 0.6 is 0 Å². The van der Waals surface area contributed by atoms with E-state index in [9.17, 15) is 14.4 Å². The second-order valence-electron chi connectivity index (χ2n) is 10.0. The lowest BCUT2D eigenvalue weighted by Crippen LogP contribution is -2.51. The first-order valence-electron chi connectivity index (χ1n) is 13.9. The Morgan fingerprint density at radius 3 is 1.09 bits per heavy atom. The molecule has 0 radical (unpaired) electrons. The smallest absolute Gasteiger partial charge is 0.303 e. The summed E-state index contributed by atoms with van der Waals surface area (Å²) in [5.41, 5.74) is 0. The summed E-state index contributed by atoms with van der Waals surface area (Å²) < 4.78 is 0.863. The van der Waals surface area contributed by atoms with Crippen LogP contribution in [0.3, 0.4) is 0 Å². The van der Waals surface area contributed by atoms with Crippen molar-refractivity contribution < 1.29 is 34.2 Å². The summed E-state index contributed by atoms with van der Waals surface area (Å²) in [5.74, 6) is -2.31. The molecule has 0 spiro atoms. The summed E-state index contributed by atoms with van der Waals surface area (Å²) in [7, 11) is 0. The van der Waals surface area contributed by atoms with Gasteiger partial charge in [0.25, 0.3) is 0 Å². The van der Waals surface area contributed by atoms with Crippen LogP contribution in [0.25, 0.3) is 0 Å². The van der Waals surface area contributed by atoms with E-state index in [1.807, 2.05) is 6.08 Å². The van der Waals surface area contributed by atoms with Gasteiger partial charge in [-0.2, -0.15) is 0 Å². The Balaban J connectivity index is 4.68. The van der Waals surface area contributed by atoms with Crippen LogP contribution in [0.5, 0.6) is 0 Å². The molecule has 0 unspecified atom stereocenters. The highest BCUT2D eigenvalue weighted by Crippen LogP contribution is 2.19. The Labute approximate surface area is 213 Å². The third-order valence-electron chi connectivity index (χ3n) is 6.86. The van der Waals surface area contributed by atoms with Crippen molar-refractivity contribution >= 4 is 17.9 Å². The minimum atomic E-state index is -0.772. The van der Waals surface area contributed by atoms with Crippen LogP contribution in [0.4, 0.5) is 0 Å². The zero-order chi connectivity index (χ0) is 26.2. The molecule has 0 aromatic carbocycles. The summed E-state index contributed by atoms with van der Waals surface area (Å²) in [6, 6.07) is 0. The average Bonchev–Trinajstić information content (AvgIpc) is 2.80. The second-order valence-corrected chi connectivity index (χ2v) is 10.0. The van der Waals surface area contributed by atoms with Crippen molar-refractivity contribution in [3.63, 3.8) is 0 Å². The van der Waals surface area contributed by atoms with Gasteiger partial charge in [0.05, 0.1) is 26.2 Å². The van der Waals surface area contributed by atoms with Gasteiger partial charge in [-0.15, -0.1) is 6.58 Å². The minimum absolute atomic E-state index is 0.172. The van der Waals surface area contributed by atoms with E-state index in [-0.39, 0.29) is 19.3 Å². The van der Waals surface area contributed by atoms with Crippen LogP contribution in [0.2, 0.25) is 0 Å². The highest BCUT2D eigenvalue weighted by Gasteiger charge is 2.26. The molecule has 0 aliphatic carbocycles. The fraction of sp³-hybridized carbons (Fsp3) is 0.821. The monoisotopic (exact) mass is 498 g/mol. The van der Waals surface area contributed by atoms with Crippen molar-refractivity contribution in [1.82, 2.24) is 0 Å². The molecule has 0 aliphatic heterocycles. The van der Waals surface area contributed by atoms with Gasteiger partial charge in [-0.3, -0.25) is 14.4 Å². The zero-order valence-corrected chi connectivity index (χ0v) is 22.1. The van der Waals surface area contributed by atoms with Crippen molar-refractivity contribution in [2.75, 3.05) is 26.2 Å². The van der Waals surface area contributed by atoms with Gasteiger partial charge >= 0.3 is 17.9 Å². The van der Waals surface area contributed by atoms with E-state index < -0.39 is 17.9 Å². The van der Waals surface area contributed by atoms with E-state index >= 15 is 0 Å². The topological polar surface area (TPSA) is 112 Å². The molecule has 0 fully saturated rings. The van der Waals surface area contributed by atoms with E-state index in [0.29, 0.717) is 19.3 Å². The molecular weight excluding hydrogens is 446 g/mol. The Morgan fingerprint density at radius 2 is 0.771 bits per heavy atom. The molecule has 0 saturated heterocycles. The fourth-order valence-corrected chi connectivity index (χ4v) is 4.81. The highest BCUT2D eigenvalue weighted by molar-refractivity contribution is 5.67. The third-order valence-corrected chi connectivity index (χ3v) is 6.86. The minimum Gasteiger partial charge on any atom is -0.481 e. The molecular formula is C28H52NO6+. The number of quaternary nitrogens is 1. The molecule has 7 nitrogen and oxygen atoms in total. The van der Waals surface area contributed by atoms with Gasteiger partial charge in [-0.25, -0.2) is 0 Å². The Kier molecular flexibility index (Phi) is 21.3. The van der Waals surface area contributed by atoms with Crippen LogP contribution in [0, 0.1) is 0 Å². The molecule has 0 aromatic heterocycles. The van der Waals surface area contributed by atoms with E-state index in [1.54, 1.807) is 0 Å². The Morgan fingerprint density at radius 1 is 0.486 bits per heavy atom. The maximum atomic E-state index is 10.9. The second kappa shape index (κ2) is 22.6. The van der Waals surface area contributed by atoms with Crippen molar-refractivity contribution in [1.29, 1.82) is 0 Å². The number of unbranched alkanes of at least 4 members (excludes halogenated alkanes) is 12. The van der Waals surface area contributed by atoms with Gasteiger partial charge < -0.3 is 19.8 Å². The number of nitrogens with zero attached hydrogens (tertiary/aromatic N) is 1. The highest BCUT2D eigenvalue weighted by atomic mass is 16.4. The summed E-state index contributed by atoms with van der Waals surface area (Å²) in [4.78, 5) is 32.8. The normalized spacial score (nSPS) is 11.4. The van der Waals surface area contributed by atoms with E-state index in [1.165, 1.54) is 51.4 Å². The van der Waals surface area contributed by atoms with E-state index in [2.05, 4.69) is 6.58 Å². The van der Waals surface area contributed by atoms with Gasteiger partial charge in [-0.05, 0) is 64.2 Å². The molecule has 204 valence electrons. The van der Waals surface area contributed by atoms with Crippen LogP contribution < -0.4 is 0 Å². The summed E-state index contributed by atoms with van der Waals surface area (Å²) in [6.07, 6.45) is 19.2. The van der Waals surface area contributed by atoms with Gasteiger partial charge in [-0.1, -0.05) is 44.6 Å². The van der Waals surface area contributed by atoms with E-state index in [4.69, 9.17) is 15.3 Å². The number of aliphatic carboxylic acids is 3. The van der Waals surface area contributed by atoms with Gasteiger partial charge in [0, 0.05) is 19.3 Å². The number of carbonyl (C=O) groups is 3. The molecule has 0 aliphatic rings. The van der Waals surface area contributed by atoms with Crippen LogP contribution in [-0.4, -0.2) is 63.9 Å². The molecule has 0 atom stereocenters. The number of carboxylic acid groups (broad SMARTS) is 3. The number of hydrogen-bond donors (Lipinski definition) is 3. The molecule has 0 saturated carbocycles. The number of hydrogen-bond acceptors (Lipinski definition) is 3. The number of rotatable bonds is 27. The third kappa shape index (κ3) is 22.3. The molecule has 0 heterocycles. The van der Waals surface area contributed by atoms with Crippen molar-refractivity contribution in [2.45, 2.75) is 122 Å². The lowest BCUT2D eigenvalue weighted by molar-refractivity contribution is -0.929. The van der Waals surface area contributed by atoms with Crippen molar-refractivity contribution in [3.05, 3.63) is 12.7 Å². The first kappa shape index (κ1) is 33.1. The van der Waals surface area contributed by atoms with Crippen LogP contribution in [0.15, 0.2) is 12.7 Å². The molecule has 35 heavy (non-hydrogen) atoms. The lowest BCUT2D eigenvalue weighted by Gasteiger charge is -2.39. The van der Waals surface area contributed by atoms with Gasteiger partial charge in [0.15, 0.2) is 0 Å². The molecule has 0 bridgehead atoms. The molecule has 3 N–H and O–H groups in total. The number of carboxylic acids is 3. The predicted molar refractivity (Wildman–Crippen MR) is 141 cm³/mol. The van der Waals surface area contributed by atoms with Crippen molar-refractivity contribution in [3.8, 4) is 0 Å². The maximum Gasteiger partial charge on any atom is 0.303 e. The molecule has 0 amide bonds. The largest absolute Gasteiger partial charge is 0.481 e. The van der Waals surface area contributed by atoms with E-state index in [0.717, 1.165) is 62.8 Å². The molecule has 0 rings (SSSR count). The van der Waals surface area contributed by atoms with Crippen molar-refractivity contribution in [2.24, 2.45) is 0 Å². The Hall–Kier alpha value is -1.89. The zero-order valence-electron chi connectivity index (χ0n) is 22.1. The lowest BCUT2D eigenvalue weighted by atomic mass is 10.0. The quantitative estimate of drug-likeness (QED) is 0.0663. The summed E-state index contributed by atoms with van der Waals surface area (Å²) >= 11 is 0. The Bertz CT molecular complexity index is 523. The first-order chi connectivity index (χ1) is 16.8. The van der Waals surface area contributed by atoms with Gasteiger partial charge in [0.1, 0.15) is 0 Å².